The monoisotopic (exact) mass is 281 g/mol. The molecule has 0 aromatic heterocycles. The predicted molar refractivity (Wildman–Crippen MR) is 77.2 cm³/mol. The van der Waals surface area contributed by atoms with E-state index in [1.54, 1.807) is 24.3 Å². The van der Waals surface area contributed by atoms with Crippen LogP contribution >= 0.6 is 11.6 Å². The lowest BCUT2D eigenvalue weighted by Gasteiger charge is -2.12. The molecule has 0 saturated carbocycles. The van der Waals surface area contributed by atoms with E-state index in [2.05, 4.69) is 17.2 Å². The zero-order valence-electron chi connectivity index (χ0n) is 10.6. The molecule has 0 aliphatic carbocycles. The minimum absolute atomic E-state index is 0.216. The summed E-state index contributed by atoms with van der Waals surface area (Å²) in [7, 11) is 0. The van der Waals surface area contributed by atoms with E-state index in [9.17, 15) is 9.59 Å². The molecular formula is C13H16ClN3O2. The van der Waals surface area contributed by atoms with Crippen LogP contribution in [0.2, 0.25) is 5.02 Å². The van der Waals surface area contributed by atoms with Gasteiger partial charge in [-0.15, -0.1) is 6.58 Å². The molecule has 1 unspecified atom stereocenters. The molecule has 0 saturated heterocycles. The lowest BCUT2D eigenvalue weighted by atomic mass is 10.2. The largest absolute Gasteiger partial charge is 0.325 e. The van der Waals surface area contributed by atoms with Crippen molar-refractivity contribution in [3.63, 3.8) is 0 Å². The van der Waals surface area contributed by atoms with E-state index in [0.29, 0.717) is 22.8 Å². The van der Waals surface area contributed by atoms with Crippen LogP contribution in [-0.2, 0) is 9.59 Å². The molecule has 4 N–H and O–H groups in total. The van der Waals surface area contributed by atoms with Crippen LogP contribution in [0.4, 0.5) is 11.4 Å². The summed E-state index contributed by atoms with van der Waals surface area (Å²) >= 11 is 5.98. The van der Waals surface area contributed by atoms with Crippen LogP contribution < -0.4 is 16.4 Å². The molecular weight excluding hydrogens is 266 g/mol. The fraction of sp³-hybridized carbons (Fsp3) is 0.231. The maximum atomic E-state index is 11.7. The normalized spacial score (nSPS) is 11.5. The molecule has 0 heterocycles. The van der Waals surface area contributed by atoms with Gasteiger partial charge in [-0.2, -0.15) is 0 Å². The standard InChI is InChI=1S/C13H16ClN3O2/c1-3-4-11(15)13(19)17-9-5-6-12(10(14)7-9)16-8(2)18/h3,5-7,11H,1,4,15H2,2H3,(H,16,18)(H,17,19). The summed E-state index contributed by atoms with van der Waals surface area (Å²) in [6.07, 6.45) is 1.97. The van der Waals surface area contributed by atoms with Gasteiger partial charge in [-0.25, -0.2) is 0 Å². The third kappa shape index (κ3) is 4.73. The highest BCUT2D eigenvalue weighted by atomic mass is 35.5. The minimum atomic E-state index is -0.647. The van der Waals surface area contributed by atoms with Gasteiger partial charge < -0.3 is 16.4 Å². The van der Waals surface area contributed by atoms with Gasteiger partial charge in [0.2, 0.25) is 11.8 Å². The number of anilines is 2. The summed E-state index contributed by atoms with van der Waals surface area (Å²) in [5.74, 6) is -0.532. The molecule has 0 bridgehead atoms. The number of rotatable bonds is 5. The second-order valence-corrected chi connectivity index (χ2v) is 4.40. The molecule has 0 fully saturated rings. The first-order valence-corrected chi connectivity index (χ1v) is 6.06. The van der Waals surface area contributed by atoms with Crippen LogP contribution in [0.3, 0.4) is 0 Å². The van der Waals surface area contributed by atoms with Crippen molar-refractivity contribution in [3.8, 4) is 0 Å². The summed E-state index contributed by atoms with van der Waals surface area (Å²) in [6, 6.07) is 4.14. The lowest BCUT2D eigenvalue weighted by Crippen LogP contribution is -2.35. The van der Waals surface area contributed by atoms with Crippen LogP contribution in [0.5, 0.6) is 0 Å². The summed E-state index contributed by atoms with van der Waals surface area (Å²) in [4.78, 5) is 22.6. The lowest BCUT2D eigenvalue weighted by molar-refractivity contribution is -0.117. The van der Waals surface area contributed by atoms with E-state index in [4.69, 9.17) is 17.3 Å². The number of nitrogens with two attached hydrogens (primary N) is 1. The highest BCUT2D eigenvalue weighted by Crippen LogP contribution is 2.25. The van der Waals surface area contributed by atoms with Gasteiger partial charge >= 0.3 is 0 Å². The van der Waals surface area contributed by atoms with Crippen molar-refractivity contribution >= 4 is 34.8 Å². The van der Waals surface area contributed by atoms with Gasteiger partial charge in [0.1, 0.15) is 0 Å². The van der Waals surface area contributed by atoms with Crippen molar-refractivity contribution in [2.45, 2.75) is 19.4 Å². The molecule has 6 heteroatoms. The van der Waals surface area contributed by atoms with E-state index >= 15 is 0 Å². The molecule has 19 heavy (non-hydrogen) atoms. The second-order valence-electron chi connectivity index (χ2n) is 4.00. The van der Waals surface area contributed by atoms with E-state index in [-0.39, 0.29) is 11.8 Å². The van der Waals surface area contributed by atoms with Gasteiger partial charge in [-0.05, 0) is 24.6 Å². The molecule has 0 radical (unpaired) electrons. The Morgan fingerprint density at radius 3 is 2.68 bits per heavy atom. The molecule has 0 aliphatic rings. The number of carbonyl (C=O) groups excluding carboxylic acids is 2. The summed E-state index contributed by atoms with van der Waals surface area (Å²) < 4.78 is 0. The van der Waals surface area contributed by atoms with Crippen molar-refractivity contribution in [2.75, 3.05) is 10.6 Å². The Balaban J connectivity index is 2.75. The average Bonchev–Trinajstić information content (AvgIpc) is 2.32. The predicted octanol–water partition coefficient (Wildman–Crippen LogP) is 2.14. The van der Waals surface area contributed by atoms with Crippen molar-refractivity contribution in [2.24, 2.45) is 5.73 Å². The Kier molecular flexibility index (Phi) is 5.54. The van der Waals surface area contributed by atoms with Gasteiger partial charge in [-0.1, -0.05) is 17.7 Å². The van der Waals surface area contributed by atoms with Gasteiger partial charge in [-0.3, -0.25) is 9.59 Å². The second kappa shape index (κ2) is 6.92. The van der Waals surface area contributed by atoms with Crippen LogP contribution in [0.25, 0.3) is 0 Å². The number of hydrogen-bond acceptors (Lipinski definition) is 3. The van der Waals surface area contributed by atoms with Gasteiger partial charge in [0, 0.05) is 12.6 Å². The Morgan fingerprint density at radius 2 is 2.16 bits per heavy atom. The maximum absolute atomic E-state index is 11.7. The van der Waals surface area contributed by atoms with Gasteiger partial charge in [0.05, 0.1) is 16.8 Å². The molecule has 2 amide bonds. The third-order valence-corrected chi connectivity index (χ3v) is 2.62. The highest BCUT2D eigenvalue weighted by Gasteiger charge is 2.12. The Bertz CT molecular complexity index is 503. The quantitative estimate of drug-likeness (QED) is 0.723. The molecule has 102 valence electrons. The van der Waals surface area contributed by atoms with Crippen LogP contribution in [0, 0.1) is 0 Å². The fourth-order valence-corrected chi connectivity index (χ4v) is 1.63. The summed E-state index contributed by atoms with van der Waals surface area (Å²) in [6.45, 7) is 4.91. The number of hydrogen-bond donors (Lipinski definition) is 3. The third-order valence-electron chi connectivity index (χ3n) is 2.30. The summed E-state index contributed by atoms with van der Waals surface area (Å²) in [5, 5.41) is 5.55. The number of carbonyl (C=O) groups is 2. The van der Waals surface area contributed by atoms with Crippen molar-refractivity contribution in [1.82, 2.24) is 0 Å². The highest BCUT2D eigenvalue weighted by molar-refractivity contribution is 6.34. The number of nitrogens with one attached hydrogen (secondary N) is 2. The molecule has 0 spiro atoms. The molecule has 1 rings (SSSR count). The van der Waals surface area contributed by atoms with Crippen molar-refractivity contribution in [1.29, 1.82) is 0 Å². The van der Waals surface area contributed by atoms with E-state index in [1.165, 1.54) is 6.92 Å². The van der Waals surface area contributed by atoms with Crippen LogP contribution in [0.1, 0.15) is 13.3 Å². The first kappa shape index (κ1) is 15.2. The first-order chi connectivity index (χ1) is 8.93. The molecule has 1 aromatic rings. The SMILES string of the molecule is C=CCC(N)C(=O)Nc1ccc(NC(C)=O)c(Cl)c1. The molecule has 5 nitrogen and oxygen atoms in total. The zero-order valence-corrected chi connectivity index (χ0v) is 11.3. The number of halogens is 1. The van der Waals surface area contributed by atoms with E-state index < -0.39 is 6.04 Å². The van der Waals surface area contributed by atoms with E-state index in [1.807, 2.05) is 0 Å². The Labute approximate surface area is 116 Å². The fourth-order valence-electron chi connectivity index (χ4n) is 1.41. The van der Waals surface area contributed by atoms with Crippen LogP contribution in [-0.4, -0.2) is 17.9 Å². The van der Waals surface area contributed by atoms with Gasteiger partial charge in [0.25, 0.3) is 0 Å². The smallest absolute Gasteiger partial charge is 0.241 e. The topological polar surface area (TPSA) is 84.2 Å². The zero-order chi connectivity index (χ0) is 14.4. The average molecular weight is 282 g/mol. The Morgan fingerprint density at radius 1 is 1.47 bits per heavy atom. The molecule has 1 atom stereocenters. The van der Waals surface area contributed by atoms with E-state index in [0.717, 1.165) is 0 Å². The summed E-state index contributed by atoms with van der Waals surface area (Å²) in [5.41, 5.74) is 6.64. The van der Waals surface area contributed by atoms with Crippen LogP contribution in [0.15, 0.2) is 30.9 Å². The van der Waals surface area contributed by atoms with Gasteiger partial charge in [0.15, 0.2) is 0 Å². The Hall–Kier alpha value is -1.85. The van der Waals surface area contributed by atoms with Crippen molar-refractivity contribution < 1.29 is 9.59 Å². The molecule has 1 aromatic carbocycles. The minimum Gasteiger partial charge on any atom is -0.325 e. The molecule has 0 aliphatic heterocycles. The maximum Gasteiger partial charge on any atom is 0.241 e. The number of amides is 2. The van der Waals surface area contributed by atoms with Crippen molar-refractivity contribution in [3.05, 3.63) is 35.9 Å². The number of benzene rings is 1. The first-order valence-electron chi connectivity index (χ1n) is 5.68.